The van der Waals surface area contributed by atoms with Gasteiger partial charge in [0.15, 0.2) is 17.7 Å². The number of carbonyl (C=O) groups excluding carboxylic acids is 2. The fraction of sp³-hybridized carbons (Fsp3) is 0.673. The quantitative estimate of drug-likeness (QED) is 0.170. The SMILES string of the molecule is C[C@H]1C[C@H](O)[C@@H](C)/C=C/C=C/C=C/C=C/C=C/C=C/C=C/C(O[C@@H]2OC[C@@H](O)[C@H](N)[C@@H]2O)C[C@@H]2OC(O)(CC(O)CC(O)C(O)CCC(O)CC(O)CC(=O)O1)C[C@H](O)[C@H]2C(=O)NC1CC2(C1)N=N2. The molecule has 1 amide bonds. The van der Waals surface area contributed by atoms with Crippen molar-refractivity contribution in [2.24, 2.45) is 27.8 Å². The molecule has 0 aromatic rings. The van der Waals surface area contributed by atoms with Crippen molar-refractivity contribution in [3.63, 3.8) is 0 Å². The molecule has 1 saturated carbocycles. The molecule has 5 rings (SSSR count). The summed E-state index contributed by atoms with van der Waals surface area (Å²) in [6.07, 6.45) is 6.91. The Morgan fingerprint density at radius 3 is 1.93 bits per heavy atom. The zero-order valence-corrected chi connectivity index (χ0v) is 39.3. The topological polar surface area (TPSA) is 336 Å². The molecule has 1 spiro atoms. The van der Waals surface area contributed by atoms with Gasteiger partial charge in [0.25, 0.3) is 0 Å². The average Bonchev–Trinajstić information content (AvgIpc) is 4.05. The van der Waals surface area contributed by atoms with Crippen molar-refractivity contribution in [3.8, 4) is 0 Å². The fourth-order valence-electron chi connectivity index (χ4n) is 8.87. The average molecular weight is 975 g/mol. The van der Waals surface area contributed by atoms with Crippen molar-refractivity contribution in [1.82, 2.24) is 5.32 Å². The third kappa shape index (κ3) is 18.1. The highest BCUT2D eigenvalue weighted by molar-refractivity contribution is 5.80. The molecular weight excluding hydrogens is 901 g/mol. The molecule has 3 fully saturated rings. The maximum Gasteiger partial charge on any atom is 0.308 e. The number of nitrogens with zero attached hydrogens (tertiary/aromatic N) is 2. The number of rotatable bonds is 4. The standard InChI is InChI=1S/C49H74N4O16/c1-29-15-13-11-9-7-5-3-4-6-8-10-12-14-16-35(68-47-45(63)44(50)40(61)28-66-47)23-41-43(46(64)51-31-24-48(25-31)52-53-48)39(60)27-49(65,69-41)26-34(56)21-38(59)36(57)18-17-32(54)20-33(55)22-42(62)67-30(2)19-37(29)58/h3-16,29-41,43-45,47,54-61,63,65H,17-28,50H2,1-2H3,(H,51,64)/b4-3+,7-5+,8-6+,11-9+,12-10+,15-13+,16-14+/t29-,30-,32?,33?,34?,35?,36?,37-,38?,39-,40+,41-,43+,44-,45-,47-,49?/m0/s1. The Bertz CT molecular complexity index is 1880. The number of hydrogen-bond donors (Lipinski definition) is 12. The third-order valence-electron chi connectivity index (χ3n) is 12.9. The highest BCUT2D eigenvalue weighted by Gasteiger charge is 2.55. The van der Waals surface area contributed by atoms with Gasteiger partial charge < -0.3 is 81.1 Å². The van der Waals surface area contributed by atoms with E-state index in [0.29, 0.717) is 12.8 Å². The smallest absolute Gasteiger partial charge is 0.308 e. The Morgan fingerprint density at radius 1 is 0.696 bits per heavy atom. The van der Waals surface area contributed by atoms with Gasteiger partial charge in [0.1, 0.15) is 12.2 Å². The monoisotopic (exact) mass is 975 g/mol. The number of aliphatic hydroxyl groups excluding tert-OH is 9. The lowest BCUT2D eigenvalue weighted by Crippen LogP contribution is -2.60. The van der Waals surface area contributed by atoms with Crippen LogP contribution in [-0.2, 0) is 28.5 Å². The summed E-state index contributed by atoms with van der Waals surface area (Å²) in [5.74, 6) is -5.08. The molecule has 5 aliphatic rings. The number of fused-ring (bicyclic) bond motifs is 2. The Labute approximate surface area is 402 Å². The summed E-state index contributed by atoms with van der Waals surface area (Å²) < 4.78 is 23.4. The molecule has 20 nitrogen and oxygen atoms in total. The zero-order valence-electron chi connectivity index (χ0n) is 39.3. The first kappa shape index (κ1) is 56.1. The van der Waals surface area contributed by atoms with E-state index in [1.165, 1.54) is 0 Å². The number of carbonyl (C=O) groups is 2. The van der Waals surface area contributed by atoms with Gasteiger partial charge in [0.05, 0.1) is 86.0 Å². The summed E-state index contributed by atoms with van der Waals surface area (Å²) in [5.41, 5.74) is 5.54. The van der Waals surface area contributed by atoms with Gasteiger partial charge >= 0.3 is 5.97 Å². The lowest BCUT2D eigenvalue weighted by Gasteiger charge is -2.46. The summed E-state index contributed by atoms with van der Waals surface area (Å²) in [5, 5.41) is 120. The number of amides is 1. The van der Waals surface area contributed by atoms with Crippen LogP contribution in [0.4, 0.5) is 0 Å². The van der Waals surface area contributed by atoms with Crippen molar-refractivity contribution in [2.45, 2.75) is 188 Å². The second-order valence-electron chi connectivity index (χ2n) is 19.2. The molecule has 4 heterocycles. The highest BCUT2D eigenvalue weighted by Crippen LogP contribution is 2.47. The van der Waals surface area contributed by atoms with Gasteiger partial charge in [-0.3, -0.25) is 9.59 Å². The molecule has 386 valence electrons. The summed E-state index contributed by atoms with van der Waals surface area (Å²) in [6, 6.07) is -1.39. The molecule has 1 aliphatic carbocycles. The molecule has 0 aromatic carbocycles. The van der Waals surface area contributed by atoms with Crippen molar-refractivity contribution in [2.75, 3.05) is 6.61 Å². The van der Waals surface area contributed by atoms with Crippen LogP contribution in [0, 0.1) is 11.8 Å². The number of hydrogen-bond acceptors (Lipinski definition) is 19. The van der Waals surface area contributed by atoms with Crippen LogP contribution < -0.4 is 11.1 Å². The number of nitrogens with two attached hydrogens (primary N) is 1. The molecule has 0 radical (unpaired) electrons. The van der Waals surface area contributed by atoms with Gasteiger partial charge in [-0.2, -0.15) is 10.2 Å². The number of ether oxygens (including phenoxy) is 4. The van der Waals surface area contributed by atoms with Gasteiger partial charge in [-0.15, -0.1) is 0 Å². The normalized spacial score (nSPS) is 43.8. The van der Waals surface area contributed by atoms with Crippen LogP contribution in [0.3, 0.4) is 0 Å². The van der Waals surface area contributed by atoms with E-state index in [2.05, 4.69) is 15.5 Å². The van der Waals surface area contributed by atoms with Crippen molar-refractivity contribution in [1.29, 1.82) is 0 Å². The predicted molar refractivity (Wildman–Crippen MR) is 249 cm³/mol. The minimum atomic E-state index is -2.27. The molecule has 20 heteroatoms. The predicted octanol–water partition coefficient (Wildman–Crippen LogP) is 0.433. The summed E-state index contributed by atoms with van der Waals surface area (Å²) in [6.45, 7) is 3.22. The van der Waals surface area contributed by atoms with Gasteiger partial charge in [0, 0.05) is 56.9 Å². The number of cyclic esters (lactones) is 1. The first-order valence-electron chi connectivity index (χ1n) is 23.9. The minimum Gasteiger partial charge on any atom is -0.462 e. The summed E-state index contributed by atoms with van der Waals surface area (Å²) in [4.78, 5) is 26.5. The number of nitrogens with one attached hydrogen (secondary N) is 1. The molecule has 17 atom stereocenters. The maximum absolute atomic E-state index is 13.9. The van der Waals surface area contributed by atoms with Crippen LogP contribution >= 0.6 is 0 Å². The van der Waals surface area contributed by atoms with Crippen LogP contribution in [0.5, 0.6) is 0 Å². The van der Waals surface area contributed by atoms with E-state index >= 15 is 0 Å². The molecular formula is C49H74N4O16. The van der Waals surface area contributed by atoms with E-state index in [9.17, 15) is 60.7 Å². The number of aliphatic hydroxyl groups is 10. The lowest BCUT2D eigenvalue weighted by molar-refractivity contribution is -0.304. The van der Waals surface area contributed by atoms with Crippen molar-refractivity contribution >= 4 is 11.9 Å². The molecule has 69 heavy (non-hydrogen) atoms. The van der Waals surface area contributed by atoms with Gasteiger partial charge in [-0.25, -0.2) is 0 Å². The molecule has 2 bridgehead atoms. The van der Waals surface area contributed by atoms with Crippen LogP contribution in [0.1, 0.15) is 84.5 Å². The van der Waals surface area contributed by atoms with E-state index in [0.717, 1.165) is 0 Å². The van der Waals surface area contributed by atoms with Crippen molar-refractivity contribution in [3.05, 3.63) is 85.1 Å². The largest absolute Gasteiger partial charge is 0.462 e. The summed E-state index contributed by atoms with van der Waals surface area (Å²) >= 11 is 0. The molecule has 13 N–H and O–H groups in total. The van der Waals surface area contributed by atoms with E-state index in [-0.39, 0.29) is 50.7 Å². The van der Waals surface area contributed by atoms with E-state index in [1.54, 1.807) is 61.6 Å². The Hall–Kier alpha value is -3.84. The van der Waals surface area contributed by atoms with Gasteiger partial charge in [-0.05, 0) is 26.2 Å². The van der Waals surface area contributed by atoms with Crippen LogP contribution in [0.2, 0.25) is 0 Å². The fourth-order valence-corrected chi connectivity index (χ4v) is 8.87. The first-order chi connectivity index (χ1) is 32.7. The zero-order chi connectivity index (χ0) is 50.3. The molecule has 2 saturated heterocycles. The molecule has 4 aliphatic heterocycles. The Balaban J connectivity index is 1.34. The second kappa shape index (κ2) is 26.6. The van der Waals surface area contributed by atoms with Crippen LogP contribution in [0.25, 0.3) is 0 Å². The first-order valence-corrected chi connectivity index (χ1v) is 23.9. The third-order valence-corrected chi connectivity index (χ3v) is 12.9. The molecule has 7 unspecified atom stereocenters. The highest BCUT2D eigenvalue weighted by atomic mass is 16.7. The van der Waals surface area contributed by atoms with Crippen LogP contribution in [-0.4, -0.2) is 173 Å². The van der Waals surface area contributed by atoms with E-state index < -0.39 is 141 Å². The van der Waals surface area contributed by atoms with E-state index in [1.807, 2.05) is 37.3 Å². The second-order valence-corrected chi connectivity index (χ2v) is 19.2. The van der Waals surface area contributed by atoms with Crippen LogP contribution in [0.15, 0.2) is 95.3 Å². The summed E-state index contributed by atoms with van der Waals surface area (Å²) in [7, 11) is 0. The van der Waals surface area contributed by atoms with Gasteiger partial charge in [-0.1, -0.05) is 92.0 Å². The maximum atomic E-state index is 13.9. The van der Waals surface area contributed by atoms with Gasteiger partial charge in [0.2, 0.25) is 5.91 Å². The lowest BCUT2D eigenvalue weighted by atomic mass is 9.80. The van der Waals surface area contributed by atoms with E-state index in [4.69, 9.17) is 24.7 Å². The number of allylic oxidation sites excluding steroid dienone is 12. The molecule has 0 aromatic heterocycles. The number of esters is 1. The minimum absolute atomic E-state index is 0.0909. The Kier molecular flexibility index (Phi) is 21.6. The van der Waals surface area contributed by atoms with Crippen molar-refractivity contribution < 1.29 is 79.6 Å². The Morgan fingerprint density at radius 2 is 1.30 bits per heavy atom.